The van der Waals surface area contributed by atoms with Crippen molar-refractivity contribution in [2.75, 3.05) is 59.0 Å². The standard InChI is InChI=1S/C26H30ClF2N5O8S/c1-2-41-26(37)32-9-7-31(8-10-32)16-23(35)33-11-12-34(22(15-33)25(36)30-38)43(39,40)19-13-20(28)24(21(29)14-19)42-18-5-3-17(27)4-6-18/h3-6,13-14,22,38H,2,7-12,15-16H2,1H3,(H,30,36)/t22-/m0/s1. The lowest BCUT2D eigenvalue weighted by Gasteiger charge is -2.40. The van der Waals surface area contributed by atoms with Gasteiger partial charge in [-0.3, -0.25) is 19.7 Å². The van der Waals surface area contributed by atoms with Crippen LogP contribution < -0.4 is 10.2 Å². The first kappa shape index (κ1) is 32.3. The Kier molecular flexibility index (Phi) is 10.4. The Morgan fingerprint density at radius 2 is 1.60 bits per heavy atom. The lowest BCUT2D eigenvalue weighted by Crippen LogP contribution is -2.62. The first-order valence-electron chi connectivity index (χ1n) is 13.2. The third-order valence-corrected chi connectivity index (χ3v) is 9.10. The van der Waals surface area contributed by atoms with Gasteiger partial charge in [-0.1, -0.05) is 11.6 Å². The highest BCUT2D eigenvalue weighted by molar-refractivity contribution is 7.89. The van der Waals surface area contributed by atoms with Crippen molar-refractivity contribution in [2.45, 2.75) is 17.9 Å². The van der Waals surface area contributed by atoms with Gasteiger partial charge in [-0.25, -0.2) is 27.5 Å². The Labute approximate surface area is 251 Å². The van der Waals surface area contributed by atoms with E-state index in [9.17, 15) is 36.8 Å². The summed E-state index contributed by atoms with van der Waals surface area (Å²) < 4.78 is 67.7. The second-order valence-electron chi connectivity index (χ2n) is 9.68. The second kappa shape index (κ2) is 13.8. The predicted molar refractivity (Wildman–Crippen MR) is 147 cm³/mol. The fourth-order valence-corrected chi connectivity index (χ4v) is 6.42. The molecule has 2 aromatic carbocycles. The number of hydrogen-bond acceptors (Lipinski definition) is 9. The predicted octanol–water partition coefficient (Wildman–Crippen LogP) is 1.89. The van der Waals surface area contributed by atoms with Crippen LogP contribution in [-0.4, -0.2) is 116 Å². The lowest BCUT2D eigenvalue weighted by molar-refractivity contribution is -0.140. The van der Waals surface area contributed by atoms with Crippen LogP contribution in [0.2, 0.25) is 5.02 Å². The van der Waals surface area contributed by atoms with Gasteiger partial charge in [0.2, 0.25) is 15.9 Å². The summed E-state index contributed by atoms with van der Waals surface area (Å²) in [5, 5.41) is 9.66. The summed E-state index contributed by atoms with van der Waals surface area (Å²) in [4.78, 5) is 41.3. The van der Waals surface area contributed by atoms with Crippen LogP contribution >= 0.6 is 11.6 Å². The number of rotatable bonds is 8. The summed E-state index contributed by atoms with van der Waals surface area (Å²) in [6.45, 7) is 2.45. The van der Waals surface area contributed by atoms with E-state index in [4.69, 9.17) is 21.1 Å². The zero-order valence-electron chi connectivity index (χ0n) is 23.0. The molecule has 2 heterocycles. The number of amides is 3. The number of nitrogens with one attached hydrogen (secondary N) is 1. The summed E-state index contributed by atoms with van der Waals surface area (Å²) in [6, 6.07) is 5.14. The summed E-state index contributed by atoms with van der Waals surface area (Å²) in [5.74, 6) is -4.95. The summed E-state index contributed by atoms with van der Waals surface area (Å²) in [7, 11) is -4.69. The molecule has 234 valence electrons. The smallest absolute Gasteiger partial charge is 0.409 e. The fourth-order valence-electron chi connectivity index (χ4n) is 4.70. The van der Waals surface area contributed by atoms with Gasteiger partial charge in [-0.05, 0) is 43.3 Å². The highest BCUT2D eigenvalue weighted by atomic mass is 35.5. The number of sulfonamides is 1. The van der Waals surface area contributed by atoms with E-state index < -0.39 is 69.3 Å². The van der Waals surface area contributed by atoms with E-state index in [1.807, 2.05) is 4.90 Å². The molecule has 43 heavy (non-hydrogen) atoms. The minimum atomic E-state index is -4.69. The van der Waals surface area contributed by atoms with E-state index in [-0.39, 0.29) is 25.4 Å². The van der Waals surface area contributed by atoms with Gasteiger partial charge >= 0.3 is 6.09 Å². The SMILES string of the molecule is CCOC(=O)N1CCN(CC(=O)N2CCN(S(=O)(=O)c3cc(F)c(Oc4ccc(Cl)cc4)c(F)c3)[C@H](C(=O)NO)C2)CC1. The van der Waals surface area contributed by atoms with Gasteiger partial charge < -0.3 is 19.3 Å². The topological polar surface area (TPSA) is 149 Å². The lowest BCUT2D eigenvalue weighted by atomic mass is 10.2. The quantitative estimate of drug-likeness (QED) is 0.324. The zero-order chi connectivity index (χ0) is 31.3. The number of benzene rings is 2. The van der Waals surface area contributed by atoms with E-state index in [1.54, 1.807) is 6.92 Å². The van der Waals surface area contributed by atoms with E-state index in [2.05, 4.69) is 0 Å². The first-order chi connectivity index (χ1) is 20.4. The van der Waals surface area contributed by atoms with Gasteiger partial charge in [0, 0.05) is 50.8 Å². The number of halogens is 3. The third kappa shape index (κ3) is 7.51. The average molecular weight is 646 g/mol. The van der Waals surface area contributed by atoms with Crippen LogP contribution in [0.4, 0.5) is 13.6 Å². The van der Waals surface area contributed by atoms with Crippen LogP contribution in [0.25, 0.3) is 0 Å². The third-order valence-electron chi connectivity index (χ3n) is 6.97. The Morgan fingerprint density at radius 3 is 2.19 bits per heavy atom. The minimum Gasteiger partial charge on any atom is -0.451 e. The van der Waals surface area contributed by atoms with Crippen LogP contribution in [0.1, 0.15) is 6.92 Å². The molecule has 0 saturated carbocycles. The number of hydrogen-bond donors (Lipinski definition) is 2. The maximum Gasteiger partial charge on any atom is 0.409 e. The molecule has 2 saturated heterocycles. The summed E-state index contributed by atoms with van der Waals surface area (Å²) in [5.41, 5.74) is 1.40. The molecule has 0 bridgehead atoms. The second-order valence-corrected chi connectivity index (χ2v) is 12.0. The zero-order valence-corrected chi connectivity index (χ0v) is 24.6. The Morgan fingerprint density at radius 1 is 1.00 bits per heavy atom. The van der Waals surface area contributed by atoms with Gasteiger partial charge in [0.1, 0.15) is 11.8 Å². The van der Waals surface area contributed by atoms with Gasteiger partial charge in [0.05, 0.1) is 18.0 Å². The van der Waals surface area contributed by atoms with Crippen LogP contribution in [-0.2, 0) is 24.3 Å². The molecule has 0 aromatic heterocycles. The normalized spacial score (nSPS) is 18.3. The van der Waals surface area contributed by atoms with Crippen molar-refractivity contribution in [3.05, 3.63) is 53.1 Å². The number of hydroxylamine groups is 1. The molecule has 1 atom stereocenters. The van der Waals surface area contributed by atoms with Gasteiger partial charge in [-0.15, -0.1) is 0 Å². The van der Waals surface area contributed by atoms with E-state index in [0.717, 1.165) is 0 Å². The fraction of sp³-hybridized carbons (Fsp3) is 0.423. The van der Waals surface area contributed by atoms with Crippen molar-refractivity contribution in [3.63, 3.8) is 0 Å². The molecular formula is C26H30ClF2N5O8S. The first-order valence-corrected chi connectivity index (χ1v) is 15.1. The largest absolute Gasteiger partial charge is 0.451 e. The number of piperazine rings is 2. The molecule has 0 spiro atoms. The summed E-state index contributed by atoms with van der Waals surface area (Å²) >= 11 is 5.80. The Hall–Kier alpha value is -3.57. The van der Waals surface area contributed by atoms with Crippen LogP contribution in [0.15, 0.2) is 41.3 Å². The maximum atomic E-state index is 14.9. The number of ether oxygens (including phenoxy) is 2. The molecule has 2 fully saturated rings. The monoisotopic (exact) mass is 645 g/mol. The van der Waals surface area contributed by atoms with Gasteiger partial charge in [0.15, 0.2) is 17.4 Å². The van der Waals surface area contributed by atoms with Crippen molar-refractivity contribution in [1.29, 1.82) is 0 Å². The van der Waals surface area contributed by atoms with Crippen LogP contribution in [0.3, 0.4) is 0 Å². The molecule has 3 amide bonds. The number of carbonyl (C=O) groups excluding carboxylic acids is 3. The Balaban J connectivity index is 1.45. The van der Waals surface area contributed by atoms with Gasteiger partial charge in [0.25, 0.3) is 5.91 Å². The molecule has 2 aliphatic rings. The van der Waals surface area contributed by atoms with Crippen molar-refractivity contribution in [1.82, 2.24) is 24.5 Å². The van der Waals surface area contributed by atoms with E-state index in [0.29, 0.717) is 47.6 Å². The maximum absolute atomic E-state index is 14.9. The van der Waals surface area contributed by atoms with Crippen molar-refractivity contribution in [3.8, 4) is 11.5 Å². The summed E-state index contributed by atoms with van der Waals surface area (Å²) in [6.07, 6.45) is -0.438. The highest BCUT2D eigenvalue weighted by Gasteiger charge is 2.42. The molecule has 2 N–H and O–H groups in total. The van der Waals surface area contributed by atoms with E-state index >= 15 is 0 Å². The molecule has 13 nitrogen and oxygen atoms in total. The molecule has 2 aromatic rings. The minimum absolute atomic E-state index is 0.0532. The van der Waals surface area contributed by atoms with Gasteiger partial charge in [-0.2, -0.15) is 4.31 Å². The molecule has 17 heteroatoms. The molecular weight excluding hydrogens is 616 g/mol. The van der Waals surface area contributed by atoms with Crippen LogP contribution in [0, 0.1) is 11.6 Å². The molecule has 0 radical (unpaired) electrons. The van der Waals surface area contributed by atoms with Crippen molar-refractivity contribution >= 4 is 39.5 Å². The van der Waals surface area contributed by atoms with Crippen molar-refractivity contribution < 1.29 is 46.3 Å². The molecule has 0 unspecified atom stereocenters. The van der Waals surface area contributed by atoms with E-state index in [1.165, 1.54) is 39.5 Å². The van der Waals surface area contributed by atoms with Crippen molar-refractivity contribution in [2.24, 2.45) is 0 Å². The number of carbonyl (C=O) groups is 3. The highest BCUT2D eigenvalue weighted by Crippen LogP contribution is 2.32. The molecule has 4 rings (SSSR count). The van der Waals surface area contributed by atoms with Crippen LogP contribution in [0.5, 0.6) is 11.5 Å². The number of nitrogens with zero attached hydrogens (tertiary/aromatic N) is 4. The Bertz CT molecular complexity index is 1430. The molecule has 2 aliphatic heterocycles. The molecule has 0 aliphatic carbocycles. The average Bonchev–Trinajstić information content (AvgIpc) is 2.99.